The van der Waals surface area contributed by atoms with Crippen molar-refractivity contribution in [3.05, 3.63) is 47.3 Å². The van der Waals surface area contributed by atoms with E-state index in [1.807, 2.05) is 18.2 Å². The standard InChI is InChI=1S/C14H17FO/c1-3-10-4-7-13-11(8-10)5-6-12(9-16-2)14(13)15/h3,5-6,10H,1,4,7-9H2,2H3. The highest BCUT2D eigenvalue weighted by Gasteiger charge is 2.20. The summed E-state index contributed by atoms with van der Waals surface area (Å²) >= 11 is 0. The fraction of sp³-hybridized carbons (Fsp3) is 0.429. The zero-order valence-electron chi connectivity index (χ0n) is 9.63. The molecule has 0 aromatic heterocycles. The Morgan fingerprint density at radius 1 is 1.56 bits per heavy atom. The number of halogens is 1. The van der Waals surface area contributed by atoms with E-state index in [-0.39, 0.29) is 5.82 Å². The Morgan fingerprint density at radius 3 is 3.06 bits per heavy atom. The molecule has 0 heterocycles. The van der Waals surface area contributed by atoms with E-state index >= 15 is 0 Å². The van der Waals surface area contributed by atoms with Gasteiger partial charge in [0, 0.05) is 12.7 Å². The number of allylic oxidation sites excluding steroid dienone is 1. The van der Waals surface area contributed by atoms with Crippen molar-refractivity contribution in [2.45, 2.75) is 25.9 Å². The van der Waals surface area contributed by atoms with Gasteiger partial charge in [-0.1, -0.05) is 18.2 Å². The van der Waals surface area contributed by atoms with Crippen LogP contribution in [0, 0.1) is 11.7 Å². The molecular formula is C14H17FO. The van der Waals surface area contributed by atoms with E-state index in [2.05, 4.69) is 6.58 Å². The average Bonchev–Trinajstić information content (AvgIpc) is 2.32. The lowest BCUT2D eigenvalue weighted by molar-refractivity contribution is 0.181. The Bertz CT molecular complexity index is 398. The fourth-order valence-corrected chi connectivity index (χ4v) is 2.35. The third kappa shape index (κ3) is 2.03. The van der Waals surface area contributed by atoms with Gasteiger partial charge in [-0.2, -0.15) is 0 Å². The summed E-state index contributed by atoms with van der Waals surface area (Å²) in [4.78, 5) is 0. The summed E-state index contributed by atoms with van der Waals surface area (Å²) in [6.45, 7) is 4.16. The molecule has 86 valence electrons. The monoisotopic (exact) mass is 220 g/mol. The van der Waals surface area contributed by atoms with Gasteiger partial charge < -0.3 is 4.74 Å². The summed E-state index contributed by atoms with van der Waals surface area (Å²) in [5.41, 5.74) is 2.68. The predicted molar refractivity (Wildman–Crippen MR) is 62.8 cm³/mol. The molecule has 0 saturated carbocycles. The molecule has 0 radical (unpaired) electrons. The van der Waals surface area contributed by atoms with Crippen molar-refractivity contribution < 1.29 is 9.13 Å². The van der Waals surface area contributed by atoms with Crippen LogP contribution >= 0.6 is 0 Å². The number of rotatable bonds is 3. The average molecular weight is 220 g/mol. The van der Waals surface area contributed by atoms with Crippen molar-refractivity contribution >= 4 is 0 Å². The molecular weight excluding hydrogens is 203 g/mol. The lowest BCUT2D eigenvalue weighted by atomic mass is 9.83. The number of hydrogen-bond acceptors (Lipinski definition) is 1. The van der Waals surface area contributed by atoms with Gasteiger partial charge >= 0.3 is 0 Å². The van der Waals surface area contributed by atoms with Crippen LogP contribution in [0.5, 0.6) is 0 Å². The number of hydrogen-bond donors (Lipinski definition) is 0. The minimum Gasteiger partial charge on any atom is -0.380 e. The van der Waals surface area contributed by atoms with E-state index in [0.29, 0.717) is 18.1 Å². The van der Waals surface area contributed by atoms with Crippen LogP contribution in [0.25, 0.3) is 0 Å². The highest BCUT2D eigenvalue weighted by molar-refractivity contribution is 5.36. The number of ether oxygens (including phenoxy) is 1. The van der Waals surface area contributed by atoms with Crippen LogP contribution in [0.15, 0.2) is 24.8 Å². The molecule has 2 heteroatoms. The Morgan fingerprint density at radius 2 is 2.38 bits per heavy atom. The van der Waals surface area contributed by atoms with Crippen LogP contribution in [0.4, 0.5) is 4.39 Å². The van der Waals surface area contributed by atoms with Crippen LogP contribution in [-0.2, 0) is 24.2 Å². The second kappa shape index (κ2) is 4.79. The molecule has 1 aliphatic rings. The molecule has 0 spiro atoms. The van der Waals surface area contributed by atoms with Crippen molar-refractivity contribution in [3.63, 3.8) is 0 Å². The Labute approximate surface area is 95.9 Å². The molecule has 0 aliphatic heterocycles. The normalized spacial score (nSPS) is 19.2. The summed E-state index contributed by atoms with van der Waals surface area (Å²) in [6.07, 6.45) is 4.71. The summed E-state index contributed by atoms with van der Waals surface area (Å²) in [5.74, 6) is 0.432. The minimum atomic E-state index is -0.0677. The molecule has 1 aromatic rings. The third-order valence-corrected chi connectivity index (χ3v) is 3.30. The Kier molecular flexibility index (Phi) is 3.39. The first-order valence-electron chi connectivity index (χ1n) is 5.67. The van der Waals surface area contributed by atoms with Gasteiger partial charge in [0.1, 0.15) is 5.82 Å². The van der Waals surface area contributed by atoms with Crippen LogP contribution in [0.1, 0.15) is 23.1 Å². The van der Waals surface area contributed by atoms with Gasteiger partial charge in [0.05, 0.1) is 6.61 Å². The van der Waals surface area contributed by atoms with Gasteiger partial charge in [-0.25, -0.2) is 4.39 Å². The molecule has 0 amide bonds. The summed E-state index contributed by atoms with van der Waals surface area (Å²) in [7, 11) is 1.59. The molecule has 1 atom stereocenters. The quantitative estimate of drug-likeness (QED) is 0.710. The molecule has 0 bridgehead atoms. The van der Waals surface area contributed by atoms with Gasteiger partial charge in [0.25, 0.3) is 0 Å². The van der Waals surface area contributed by atoms with E-state index < -0.39 is 0 Å². The molecule has 1 aliphatic carbocycles. The fourth-order valence-electron chi connectivity index (χ4n) is 2.35. The zero-order chi connectivity index (χ0) is 11.5. The topological polar surface area (TPSA) is 9.23 Å². The van der Waals surface area contributed by atoms with Crippen LogP contribution < -0.4 is 0 Å². The number of benzene rings is 1. The highest BCUT2D eigenvalue weighted by Crippen LogP contribution is 2.29. The van der Waals surface area contributed by atoms with Crippen molar-refractivity contribution in [1.82, 2.24) is 0 Å². The molecule has 16 heavy (non-hydrogen) atoms. The van der Waals surface area contributed by atoms with Gasteiger partial charge in [0.2, 0.25) is 0 Å². The number of fused-ring (bicyclic) bond motifs is 1. The molecule has 0 N–H and O–H groups in total. The molecule has 2 rings (SSSR count). The molecule has 1 aromatic carbocycles. The van der Waals surface area contributed by atoms with Gasteiger partial charge in [-0.05, 0) is 36.3 Å². The Balaban J connectivity index is 2.32. The predicted octanol–water partition coefficient (Wildman–Crippen LogP) is 3.26. The maximum absolute atomic E-state index is 14.1. The largest absolute Gasteiger partial charge is 0.380 e. The third-order valence-electron chi connectivity index (χ3n) is 3.30. The van der Waals surface area contributed by atoms with E-state index in [0.717, 1.165) is 30.4 Å². The molecule has 0 saturated heterocycles. The summed E-state index contributed by atoms with van der Waals surface area (Å²) < 4.78 is 19.1. The van der Waals surface area contributed by atoms with Gasteiger partial charge in [-0.15, -0.1) is 6.58 Å². The van der Waals surface area contributed by atoms with Crippen molar-refractivity contribution in [2.75, 3.05) is 7.11 Å². The summed E-state index contributed by atoms with van der Waals surface area (Å²) in [5, 5.41) is 0. The zero-order valence-corrected chi connectivity index (χ0v) is 9.63. The first-order valence-corrected chi connectivity index (χ1v) is 5.67. The minimum absolute atomic E-state index is 0.0677. The number of methoxy groups -OCH3 is 1. The SMILES string of the molecule is C=CC1CCc2c(ccc(COC)c2F)C1. The van der Waals surface area contributed by atoms with E-state index in [1.54, 1.807) is 7.11 Å². The van der Waals surface area contributed by atoms with E-state index in [9.17, 15) is 4.39 Å². The second-order valence-electron chi connectivity index (χ2n) is 4.35. The first-order chi connectivity index (χ1) is 7.76. The van der Waals surface area contributed by atoms with Crippen LogP contribution in [0.3, 0.4) is 0 Å². The Hall–Kier alpha value is -1.15. The second-order valence-corrected chi connectivity index (χ2v) is 4.35. The molecule has 0 fully saturated rings. The van der Waals surface area contributed by atoms with Gasteiger partial charge in [-0.3, -0.25) is 0 Å². The molecule has 1 unspecified atom stereocenters. The smallest absolute Gasteiger partial charge is 0.132 e. The first kappa shape index (κ1) is 11.3. The lowest BCUT2D eigenvalue weighted by Crippen LogP contribution is -2.14. The van der Waals surface area contributed by atoms with Crippen LogP contribution in [-0.4, -0.2) is 7.11 Å². The van der Waals surface area contributed by atoms with E-state index in [1.165, 1.54) is 0 Å². The van der Waals surface area contributed by atoms with Crippen molar-refractivity contribution in [1.29, 1.82) is 0 Å². The van der Waals surface area contributed by atoms with E-state index in [4.69, 9.17) is 4.74 Å². The van der Waals surface area contributed by atoms with Crippen LogP contribution in [0.2, 0.25) is 0 Å². The summed E-state index contributed by atoms with van der Waals surface area (Å²) in [6, 6.07) is 3.87. The van der Waals surface area contributed by atoms with Gasteiger partial charge in [0.15, 0.2) is 0 Å². The highest BCUT2D eigenvalue weighted by atomic mass is 19.1. The lowest BCUT2D eigenvalue weighted by Gasteiger charge is -2.23. The molecule has 1 nitrogen and oxygen atoms in total. The van der Waals surface area contributed by atoms with Crippen molar-refractivity contribution in [3.8, 4) is 0 Å². The maximum Gasteiger partial charge on any atom is 0.132 e. The maximum atomic E-state index is 14.1. The van der Waals surface area contributed by atoms with Crippen molar-refractivity contribution in [2.24, 2.45) is 5.92 Å².